The Morgan fingerprint density at radius 3 is 2.59 bits per heavy atom. The van der Waals surface area contributed by atoms with Crippen LogP contribution in [0.3, 0.4) is 0 Å². The van der Waals surface area contributed by atoms with Crippen LogP contribution in [0, 0.1) is 13.8 Å². The summed E-state index contributed by atoms with van der Waals surface area (Å²) in [6.45, 7) is 7.35. The van der Waals surface area contributed by atoms with Gasteiger partial charge in [-0.1, -0.05) is 11.2 Å². The van der Waals surface area contributed by atoms with Gasteiger partial charge in [0.1, 0.15) is 12.3 Å². The van der Waals surface area contributed by atoms with E-state index in [-0.39, 0.29) is 24.2 Å². The summed E-state index contributed by atoms with van der Waals surface area (Å²) >= 11 is 0. The number of fused-ring (bicyclic) bond motifs is 1. The Morgan fingerprint density at radius 1 is 1.16 bits per heavy atom. The second-order valence-electron chi connectivity index (χ2n) is 7.92. The van der Waals surface area contributed by atoms with E-state index < -0.39 is 0 Å². The Kier molecular flexibility index (Phi) is 5.56. The van der Waals surface area contributed by atoms with Crippen molar-refractivity contribution in [3.63, 3.8) is 0 Å². The van der Waals surface area contributed by atoms with Crippen LogP contribution in [-0.4, -0.2) is 32.3 Å². The number of nitrogens with zero attached hydrogens (tertiary/aromatic N) is 4. The van der Waals surface area contributed by atoms with Crippen LogP contribution in [0.4, 0.5) is 5.69 Å². The molecule has 4 rings (SSSR count). The highest BCUT2D eigenvalue weighted by atomic mass is 16.5. The van der Waals surface area contributed by atoms with Gasteiger partial charge in [0.15, 0.2) is 0 Å². The van der Waals surface area contributed by atoms with E-state index in [0.717, 1.165) is 11.1 Å². The molecule has 4 aromatic rings. The van der Waals surface area contributed by atoms with E-state index in [0.29, 0.717) is 34.2 Å². The fourth-order valence-corrected chi connectivity index (χ4v) is 3.74. The van der Waals surface area contributed by atoms with E-state index in [4.69, 9.17) is 9.26 Å². The first-order valence-corrected chi connectivity index (χ1v) is 10.3. The molecule has 0 spiro atoms. The van der Waals surface area contributed by atoms with Crippen LogP contribution in [0.1, 0.15) is 31.3 Å². The highest BCUT2D eigenvalue weighted by Gasteiger charge is 2.19. The van der Waals surface area contributed by atoms with E-state index in [1.54, 1.807) is 30.7 Å². The maximum atomic E-state index is 13.2. The lowest BCUT2D eigenvalue weighted by Crippen LogP contribution is -2.30. The molecule has 0 saturated heterocycles. The molecule has 0 unspecified atom stereocenters. The number of amides is 1. The number of hydrogen-bond donors (Lipinski definition) is 1. The summed E-state index contributed by atoms with van der Waals surface area (Å²) < 4.78 is 13.5. The second-order valence-corrected chi connectivity index (χ2v) is 7.92. The summed E-state index contributed by atoms with van der Waals surface area (Å²) in [5.74, 6) is 1.09. The summed E-state index contributed by atoms with van der Waals surface area (Å²) in [5, 5.41) is 6.82. The zero-order valence-corrected chi connectivity index (χ0v) is 18.7. The average molecular weight is 435 g/mol. The Balaban J connectivity index is 1.75. The predicted octanol–water partition coefficient (Wildman–Crippen LogP) is 3.70. The van der Waals surface area contributed by atoms with E-state index in [1.165, 1.54) is 4.57 Å². The van der Waals surface area contributed by atoms with Gasteiger partial charge in [-0.3, -0.25) is 13.9 Å². The molecule has 1 amide bonds. The maximum absolute atomic E-state index is 13.2. The van der Waals surface area contributed by atoms with Gasteiger partial charge in [-0.2, -0.15) is 4.98 Å². The lowest BCUT2D eigenvalue weighted by atomic mass is 10.2. The number of methoxy groups -OCH3 is 1. The highest BCUT2D eigenvalue weighted by Crippen LogP contribution is 2.26. The Bertz CT molecular complexity index is 1360. The molecule has 32 heavy (non-hydrogen) atoms. The summed E-state index contributed by atoms with van der Waals surface area (Å²) in [6.07, 6.45) is 0. The minimum Gasteiger partial charge on any atom is -0.495 e. The molecule has 0 fully saturated rings. The molecule has 0 saturated carbocycles. The molecule has 0 radical (unpaired) electrons. The van der Waals surface area contributed by atoms with Crippen molar-refractivity contribution in [3.8, 4) is 17.1 Å². The van der Waals surface area contributed by atoms with Crippen molar-refractivity contribution in [2.45, 2.75) is 40.3 Å². The number of carbonyl (C=O) groups is 1. The van der Waals surface area contributed by atoms with Crippen molar-refractivity contribution in [3.05, 3.63) is 58.3 Å². The molecule has 9 heteroatoms. The average Bonchev–Trinajstić information content (AvgIpc) is 3.29. The zero-order valence-electron chi connectivity index (χ0n) is 18.7. The second kappa shape index (κ2) is 8.33. The van der Waals surface area contributed by atoms with Gasteiger partial charge in [-0.15, -0.1) is 0 Å². The van der Waals surface area contributed by atoms with Crippen molar-refractivity contribution in [1.82, 2.24) is 19.3 Å². The lowest BCUT2D eigenvalue weighted by molar-refractivity contribution is -0.116. The van der Waals surface area contributed by atoms with Crippen molar-refractivity contribution in [1.29, 1.82) is 0 Å². The van der Waals surface area contributed by atoms with Crippen LogP contribution >= 0.6 is 0 Å². The van der Waals surface area contributed by atoms with Gasteiger partial charge in [0, 0.05) is 18.5 Å². The monoisotopic (exact) mass is 435 g/mol. The number of nitrogens with one attached hydrogen (secondary N) is 1. The fourth-order valence-electron chi connectivity index (χ4n) is 3.74. The normalized spacial score (nSPS) is 11.3. The first-order valence-electron chi connectivity index (χ1n) is 10.3. The number of hydrogen-bond acceptors (Lipinski definition) is 6. The fraction of sp³-hybridized carbons (Fsp3) is 0.304. The summed E-state index contributed by atoms with van der Waals surface area (Å²) in [6, 6.07) is 10.9. The first kappa shape index (κ1) is 21.4. The number of aromatic nitrogens is 4. The predicted molar refractivity (Wildman–Crippen MR) is 121 cm³/mol. The smallest absolute Gasteiger partial charge is 0.329 e. The topological polar surface area (TPSA) is 104 Å². The molecule has 2 heterocycles. The Morgan fingerprint density at radius 2 is 1.94 bits per heavy atom. The third-order valence-electron chi connectivity index (χ3n) is 5.20. The van der Waals surface area contributed by atoms with E-state index in [9.17, 15) is 9.59 Å². The SMILES string of the molecule is COc1ccc(C)cc1NC(=O)Cn1c(=O)n(C(C)C)c2ccc(-c3noc(C)n3)cc21. The number of benzene rings is 2. The largest absolute Gasteiger partial charge is 0.495 e. The zero-order chi connectivity index (χ0) is 23.0. The molecule has 0 aliphatic rings. The van der Waals surface area contributed by atoms with Crippen LogP contribution in [0.2, 0.25) is 0 Å². The third kappa shape index (κ3) is 3.89. The van der Waals surface area contributed by atoms with Crippen LogP contribution in [-0.2, 0) is 11.3 Å². The van der Waals surface area contributed by atoms with Crippen LogP contribution in [0.5, 0.6) is 5.75 Å². The van der Waals surface area contributed by atoms with E-state index in [1.807, 2.05) is 45.0 Å². The van der Waals surface area contributed by atoms with Gasteiger partial charge in [-0.05, 0) is 56.7 Å². The number of carbonyl (C=O) groups excluding carboxylic acids is 1. The van der Waals surface area contributed by atoms with Gasteiger partial charge >= 0.3 is 5.69 Å². The van der Waals surface area contributed by atoms with Crippen LogP contribution in [0.15, 0.2) is 45.7 Å². The standard InChI is InChI=1S/C23H25N5O4/c1-13(2)28-18-8-7-16(22-24-15(4)32-26-22)11-19(18)27(23(28)30)12-21(29)25-17-10-14(3)6-9-20(17)31-5/h6-11,13H,12H2,1-5H3,(H,25,29). The van der Waals surface area contributed by atoms with Gasteiger partial charge in [-0.25, -0.2) is 4.79 Å². The van der Waals surface area contributed by atoms with Gasteiger partial charge in [0.25, 0.3) is 0 Å². The maximum Gasteiger partial charge on any atom is 0.329 e. The van der Waals surface area contributed by atoms with Gasteiger partial charge in [0.05, 0.1) is 23.8 Å². The molecule has 166 valence electrons. The molecule has 0 aliphatic carbocycles. The van der Waals surface area contributed by atoms with Crippen molar-refractivity contribution in [2.75, 3.05) is 12.4 Å². The number of anilines is 1. The molecule has 1 N–H and O–H groups in total. The van der Waals surface area contributed by atoms with Crippen LogP contribution in [0.25, 0.3) is 22.4 Å². The van der Waals surface area contributed by atoms with E-state index in [2.05, 4.69) is 15.5 Å². The highest BCUT2D eigenvalue weighted by molar-refractivity contribution is 5.93. The number of rotatable bonds is 6. The van der Waals surface area contributed by atoms with Gasteiger partial charge < -0.3 is 14.6 Å². The lowest BCUT2D eigenvalue weighted by Gasteiger charge is -2.11. The molecular formula is C23H25N5O4. The van der Waals surface area contributed by atoms with Crippen LogP contribution < -0.4 is 15.7 Å². The molecule has 2 aromatic heterocycles. The molecule has 2 aromatic carbocycles. The molecular weight excluding hydrogens is 410 g/mol. The van der Waals surface area contributed by atoms with Crippen molar-refractivity contribution >= 4 is 22.6 Å². The summed E-state index contributed by atoms with van der Waals surface area (Å²) in [4.78, 5) is 30.4. The minimum atomic E-state index is -0.334. The minimum absolute atomic E-state index is 0.0792. The number of imidazole rings is 1. The van der Waals surface area contributed by atoms with E-state index >= 15 is 0 Å². The molecule has 9 nitrogen and oxygen atoms in total. The van der Waals surface area contributed by atoms with Crippen molar-refractivity contribution < 1.29 is 14.1 Å². The summed E-state index contributed by atoms with van der Waals surface area (Å²) in [5.41, 5.74) is 3.33. The number of ether oxygens (including phenoxy) is 1. The quantitative estimate of drug-likeness (QED) is 0.495. The molecule has 0 bridgehead atoms. The molecule has 0 aliphatic heterocycles. The Hall–Kier alpha value is -3.88. The molecule has 0 atom stereocenters. The van der Waals surface area contributed by atoms with Crippen molar-refractivity contribution in [2.24, 2.45) is 0 Å². The Labute approximate surface area is 184 Å². The van der Waals surface area contributed by atoms with Gasteiger partial charge in [0.2, 0.25) is 17.6 Å². The third-order valence-corrected chi connectivity index (χ3v) is 5.20. The summed E-state index contributed by atoms with van der Waals surface area (Å²) in [7, 11) is 1.54. The first-order chi connectivity index (χ1) is 15.3. The number of aryl methyl sites for hydroxylation is 2.